The van der Waals surface area contributed by atoms with Gasteiger partial charge in [0, 0.05) is 48.0 Å². The number of anilines is 1. The van der Waals surface area contributed by atoms with Crippen molar-refractivity contribution >= 4 is 43.4 Å². The third-order valence-electron chi connectivity index (χ3n) is 8.33. The van der Waals surface area contributed by atoms with Crippen molar-refractivity contribution in [2.24, 2.45) is 5.73 Å². The van der Waals surface area contributed by atoms with Crippen LogP contribution in [0.4, 0.5) is 10.1 Å². The molecular weight excluding hydrogens is 595 g/mol. The van der Waals surface area contributed by atoms with E-state index in [4.69, 9.17) is 19.9 Å². The van der Waals surface area contributed by atoms with Gasteiger partial charge in [-0.1, -0.05) is 19.1 Å². The lowest BCUT2D eigenvalue weighted by Crippen LogP contribution is -2.25. The van der Waals surface area contributed by atoms with Crippen LogP contribution >= 0.6 is 0 Å². The molecular formula is C34H29FN4O5S. The molecule has 1 aliphatic heterocycles. The minimum absolute atomic E-state index is 0.171. The first-order valence-corrected chi connectivity index (χ1v) is 16.2. The van der Waals surface area contributed by atoms with Gasteiger partial charge in [-0.15, -0.1) is 0 Å². The maximum Gasteiger partial charge on any atom is 0.232 e. The number of pyridine rings is 1. The molecule has 0 saturated carbocycles. The number of hydrogen-bond donors (Lipinski definition) is 1. The molecule has 0 bridgehead atoms. The molecule has 6 aromatic rings. The number of hydrogen-bond acceptors (Lipinski definition) is 7. The number of halogens is 1. The van der Waals surface area contributed by atoms with Crippen LogP contribution in [0.1, 0.15) is 29.3 Å². The number of fused-ring (bicyclic) bond motifs is 6. The zero-order chi connectivity index (χ0) is 31.6. The Morgan fingerprint density at radius 1 is 1.07 bits per heavy atom. The molecule has 0 radical (unpaired) electrons. The molecule has 0 amide bonds. The first kappa shape index (κ1) is 28.8. The molecule has 4 heterocycles. The average molecular weight is 625 g/mol. The van der Waals surface area contributed by atoms with Crippen molar-refractivity contribution in [3.63, 3.8) is 0 Å². The molecule has 0 aliphatic carbocycles. The molecule has 0 unspecified atom stereocenters. The van der Waals surface area contributed by atoms with Crippen LogP contribution in [0.3, 0.4) is 0 Å². The van der Waals surface area contributed by atoms with Gasteiger partial charge in [-0.2, -0.15) is 0 Å². The Balaban J connectivity index is 1.49. The number of carbonyl (C=O) groups is 1. The van der Waals surface area contributed by atoms with Gasteiger partial charge in [0.15, 0.2) is 12.5 Å². The predicted octanol–water partition coefficient (Wildman–Crippen LogP) is 6.72. The number of rotatable bonds is 7. The molecule has 0 fully saturated rings. The van der Waals surface area contributed by atoms with Gasteiger partial charge in [-0.3, -0.25) is 9.10 Å². The van der Waals surface area contributed by atoms with E-state index in [2.05, 4.69) is 0 Å². The fourth-order valence-corrected chi connectivity index (χ4v) is 6.43. The molecule has 45 heavy (non-hydrogen) atoms. The normalized spacial score (nSPS) is 12.6. The lowest BCUT2D eigenvalue weighted by molar-refractivity contribution is 0.0989. The van der Waals surface area contributed by atoms with E-state index in [1.165, 1.54) is 19.2 Å². The minimum Gasteiger partial charge on any atom is -0.470 e. The summed E-state index contributed by atoms with van der Waals surface area (Å²) >= 11 is 0. The van der Waals surface area contributed by atoms with Crippen molar-refractivity contribution in [3.05, 3.63) is 89.7 Å². The van der Waals surface area contributed by atoms with Gasteiger partial charge in [0.25, 0.3) is 0 Å². The van der Waals surface area contributed by atoms with E-state index in [0.29, 0.717) is 63.8 Å². The standard InChI is InChI=1S/C34H29FN4O5S/c1-4-29(40)32-24-14-23(27(38(2)45(3,41)42)16-31(24)44-34(32)19-8-10-21(35)11-9-19)25-12-13-30-33(37-25)28-15-22-20(17-36)6-5-7-26(22)39(28)18-43-30/h5-16H,4,17-18,36H2,1-3H3. The summed E-state index contributed by atoms with van der Waals surface area (Å²) in [6, 6.07) is 20.6. The van der Waals surface area contributed by atoms with E-state index in [1.54, 1.807) is 37.3 Å². The summed E-state index contributed by atoms with van der Waals surface area (Å²) in [5.74, 6) is 0.286. The van der Waals surface area contributed by atoms with Gasteiger partial charge in [-0.25, -0.2) is 17.8 Å². The van der Waals surface area contributed by atoms with Crippen LogP contribution in [-0.2, 0) is 23.3 Å². The van der Waals surface area contributed by atoms with Gasteiger partial charge < -0.3 is 19.5 Å². The smallest absolute Gasteiger partial charge is 0.232 e. The Bertz CT molecular complexity index is 2270. The first-order chi connectivity index (χ1) is 21.6. The van der Waals surface area contributed by atoms with Gasteiger partial charge in [0.2, 0.25) is 10.0 Å². The fourth-order valence-electron chi connectivity index (χ4n) is 5.92. The lowest BCUT2D eigenvalue weighted by atomic mass is 9.97. The van der Waals surface area contributed by atoms with E-state index in [0.717, 1.165) is 32.7 Å². The monoisotopic (exact) mass is 624 g/mol. The lowest BCUT2D eigenvalue weighted by Gasteiger charge is -2.23. The number of carbonyl (C=O) groups excluding carboxylic acids is 1. The third-order valence-corrected chi connectivity index (χ3v) is 9.52. The Morgan fingerprint density at radius 2 is 1.84 bits per heavy atom. The molecule has 7 rings (SSSR count). The largest absolute Gasteiger partial charge is 0.470 e. The van der Waals surface area contributed by atoms with Gasteiger partial charge in [-0.05, 0) is 60.2 Å². The molecule has 0 saturated heterocycles. The summed E-state index contributed by atoms with van der Waals surface area (Å²) in [5.41, 5.74) is 11.9. The summed E-state index contributed by atoms with van der Waals surface area (Å²) in [5, 5.41) is 1.51. The molecule has 1 aliphatic rings. The summed E-state index contributed by atoms with van der Waals surface area (Å²) in [6.45, 7) is 2.44. The van der Waals surface area contributed by atoms with Gasteiger partial charge in [0.05, 0.1) is 34.4 Å². The molecule has 0 spiro atoms. The second-order valence-corrected chi connectivity index (χ2v) is 13.0. The number of aromatic nitrogens is 2. The summed E-state index contributed by atoms with van der Waals surface area (Å²) in [4.78, 5) is 18.4. The van der Waals surface area contributed by atoms with Crippen molar-refractivity contribution in [2.45, 2.75) is 26.6 Å². The number of nitrogens with two attached hydrogens (primary N) is 1. The summed E-state index contributed by atoms with van der Waals surface area (Å²) in [6.07, 6.45) is 1.31. The number of nitrogens with zero attached hydrogens (tertiary/aromatic N) is 3. The quantitative estimate of drug-likeness (QED) is 0.196. The van der Waals surface area contributed by atoms with E-state index in [9.17, 15) is 17.6 Å². The van der Waals surface area contributed by atoms with Crippen molar-refractivity contribution in [2.75, 3.05) is 17.6 Å². The predicted molar refractivity (Wildman–Crippen MR) is 172 cm³/mol. The fraction of sp³-hybridized carbons (Fsp3) is 0.176. The summed E-state index contributed by atoms with van der Waals surface area (Å²) < 4.78 is 54.9. The molecule has 0 atom stereocenters. The summed E-state index contributed by atoms with van der Waals surface area (Å²) in [7, 11) is -2.26. The van der Waals surface area contributed by atoms with E-state index < -0.39 is 15.8 Å². The van der Waals surface area contributed by atoms with E-state index >= 15 is 0 Å². The average Bonchev–Trinajstić information content (AvgIpc) is 3.61. The SMILES string of the molecule is CCC(=O)c1c(-c2ccc(F)cc2)oc2cc(N(C)S(C)(=O)=O)c(-c3ccc4c(n3)-c3cc5c(CN)cccc5n3CO4)cc12. The number of sulfonamides is 1. The highest BCUT2D eigenvalue weighted by atomic mass is 32.2. The van der Waals surface area contributed by atoms with Crippen molar-refractivity contribution in [3.8, 4) is 39.7 Å². The molecule has 228 valence electrons. The zero-order valence-corrected chi connectivity index (χ0v) is 25.6. The van der Waals surface area contributed by atoms with Crippen LogP contribution in [-0.4, -0.2) is 37.1 Å². The zero-order valence-electron chi connectivity index (χ0n) is 24.8. The topological polar surface area (TPSA) is 121 Å². The molecule has 11 heteroatoms. The first-order valence-electron chi connectivity index (χ1n) is 14.4. The van der Waals surface area contributed by atoms with E-state index in [-0.39, 0.29) is 18.0 Å². The molecule has 9 nitrogen and oxygen atoms in total. The Hall–Kier alpha value is -5.00. The highest BCUT2D eigenvalue weighted by Gasteiger charge is 2.28. The highest BCUT2D eigenvalue weighted by Crippen LogP contribution is 2.44. The minimum atomic E-state index is -3.71. The number of ether oxygens (including phenoxy) is 1. The van der Waals surface area contributed by atoms with Crippen LogP contribution in [0.2, 0.25) is 0 Å². The van der Waals surface area contributed by atoms with Crippen molar-refractivity contribution in [1.82, 2.24) is 9.55 Å². The number of Topliss-reactive ketones (excluding diaryl/α,β-unsaturated/α-hetero) is 1. The molecule has 3 aromatic carbocycles. The van der Waals surface area contributed by atoms with Crippen LogP contribution in [0.15, 0.2) is 77.2 Å². The van der Waals surface area contributed by atoms with Crippen LogP contribution in [0.5, 0.6) is 5.75 Å². The van der Waals surface area contributed by atoms with Gasteiger partial charge >= 0.3 is 0 Å². The Morgan fingerprint density at radius 3 is 2.56 bits per heavy atom. The second kappa shape index (κ2) is 10.6. The second-order valence-electron chi connectivity index (χ2n) is 11.0. The maximum absolute atomic E-state index is 13.8. The third kappa shape index (κ3) is 4.66. The number of ketones is 1. The van der Waals surface area contributed by atoms with Crippen LogP contribution in [0, 0.1) is 5.82 Å². The van der Waals surface area contributed by atoms with Crippen molar-refractivity contribution in [1.29, 1.82) is 0 Å². The van der Waals surface area contributed by atoms with Gasteiger partial charge in [0.1, 0.15) is 28.6 Å². The molecule has 3 aromatic heterocycles. The number of benzene rings is 3. The highest BCUT2D eigenvalue weighted by molar-refractivity contribution is 7.92. The Labute approximate surface area is 258 Å². The maximum atomic E-state index is 13.8. The van der Waals surface area contributed by atoms with E-state index in [1.807, 2.05) is 34.9 Å². The molecule has 2 N–H and O–H groups in total. The van der Waals surface area contributed by atoms with Crippen LogP contribution in [0.25, 0.3) is 55.8 Å². The van der Waals surface area contributed by atoms with Crippen LogP contribution < -0.4 is 14.8 Å². The van der Waals surface area contributed by atoms with Crippen molar-refractivity contribution < 1.29 is 26.8 Å². The Kier molecular flexibility index (Phi) is 6.75. The number of furan rings is 1.